The first-order valence-corrected chi connectivity index (χ1v) is 9.27. The van der Waals surface area contributed by atoms with Crippen molar-refractivity contribution in [2.24, 2.45) is 0 Å². The maximum Gasteiger partial charge on any atom is 0.242 e. The summed E-state index contributed by atoms with van der Waals surface area (Å²) in [5, 5.41) is 3.25. The Morgan fingerprint density at radius 2 is 1.89 bits per heavy atom. The van der Waals surface area contributed by atoms with Crippen LogP contribution in [0.25, 0.3) is 0 Å². The number of piperazine rings is 1. The second kappa shape index (κ2) is 12.5. The molecule has 1 aromatic rings. The highest BCUT2D eigenvalue weighted by atomic mass is 35.5. The Labute approximate surface area is 175 Å². The lowest BCUT2D eigenvalue weighted by Crippen LogP contribution is -2.57. The van der Waals surface area contributed by atoms with E-state index in [1.54, 1.807) is 0 Å². The zero-order valence-corrected chi connectivity index (χ0v) is 17.6. The van der Waals surface area contributed by atoms with E-state index in [9.17, 15) is 4.79 Å². The number of amides is 1. The quantitative estimate of drug-likeness (QED) is 0.749. The van der Waals surface area contributed by atoms with E-state index >= 15 is 0 Å². The van der Waals surface area contributed by atoms with Gasteiger partial charge in [-0.1, -0.05) is 30.3 Å². The number of nitrogens with one attached hydrogen (secondary N) is 1. The minimum atomic E-state index is -0.155. The van der Waals surface area contributed by atoms with Gasteiger partial charge in [0.15, 0.2) is 0 Å². The van der Waals surface area contributed by atoms with Crippen LogP contribution in [0.5, 0.6) is 0 Å². The molecule has 2 aliphatic heterocycles. The molecule has 154 valence electrons. The normalized spacial score (nSPS) is 20.7. The third kappa shape index (κ3) is 7.56. The Hall–Kier alpha value is -0.890. The molecular formula is C19H32Cl2N4O2. The molecule has 2 heterocycles. The average molecular weight is 419 g/mol. The van der Waals surface area contributed by atoms with Crippen LogP contribution in [0, 0.1) is 0 Å². The second-order valence-electron chi connectivity index (χ2n) is 6.97. The Morgan fingerprint density at radius 3 is 2.52 bits per heavy atom. The molecule has 2 aliphatic rings. The van der Waals surface area contributed by atoms with E-state index in [1.807, 2.05) is 4.90 Å². The number of hydrogen-bond acceptors (Lipinski definition) is 5. The second-order valence-corrected chi connectivity index (χ2v) is 6.97. The number of morpholine rings is 1. The van der Waals surface area contributed by atoms with Crippen molar-refractivity contribution in [2.45, 2.75) is 12.6 Å². The van der Waals surface area contributed by atoms with Gasteiger partial charge >= 0.3 is 0 Å². The third-order valence-corrected chi connectivity index (χ3v) is 5.00. The van der Waals surface area contributed by atoms with Crippen LogP contribution in [0.3, 0.4) is 0 Å². The van der Waals surface area contributed by atoms with Gasteiger partial charge in [-0.3, -0.25) is 9.69 Å². The molecule has 1 amide bonds. The van der Waals surface area contributed by atoms with E-state index in [4.69, 9.17) is 4.74 Å². The Morgan fingerprint density at radius 1 is 1.19 bits per heavy atom. The van der Waals surface area contributed by atoms with Crippen LogP contribution >= 0.6 is 24.8 Å². The van der Waals surface area contributed by atoms with E-state index in [0.29, 0.717) is 13.2 Å². The Kier molecular flexibility index (Phi) is 11.2. The molecule has 6 nitrogen and oxygen atoms in total. The van der Waals surface area contributed by atoms with Gasteiger partial charge in [0.1, 0.15) is 6.04 Å². The first-order chi connectivity index (χ1) is 12.2. The third-order valence-electron chi connectivity index (χ3n) is 5.00. The van der Waals surface area contributed by atoms with Gasteiger partial charge in [0.25, 0.3) is 0 Å². The van der Waals surface area contributed by atoms with Crippen molar-refractivity contribution >= 4 is 30.7 Å². The molecule has 2 saturated heterocycles. The Bertz CT molecular complexity index is 536. The van der Waals surface area contributed by atoms with Gasteiger partial charge in [0.05, 0.1) is 13.2 Å². The molecule has 27 heavy (non-hydrogen) atoms. The number of likely N-dealkylation sites (N-methyl/N-ethyl adjacent to an activating group) is 1. The predicted octanol–water partition coefficient (Wildman–Crippen LogP) is 1.09. The van der Waals surface area contributed by atoms with Gasteiger partial charge in [0, 0.05) is 52.4 Å². The van der Waals surface area contributed by atoms with E-state index in [1.165, 1.54) is 5.56 Å². The van der Waals surface area contributed by atoms with Crippen LogP contribution in [0.1, 0.15) is 5.56 Å². The van der Waals surface area contributed by atoms with Crippen LogP contribution < -0.4 is 5.32 Å². The highest BCUT2D eigenvalue weighted by Gasteiger charge is 2.28. The topological polar surface area (TPSA) is 48.0 Å². The summed E-state index contributed by atoms with van der Waals surface area (Å²) in [6.45, 7) is 8.60. The van der Waals surface area contributed by atoms with Gasteiger partial charge in [-0.05, 0) is 12.6 Å². The van der Waals surface area contributed by atoms with Crippen molar-refractivity contribution in [3.8, 4) is 0 Å². The van der Waals surface area contributed by atoms with Crippen molar-refractivity contribution in [1.29, 1.82) is 0 Å². The molecule has 0 aromatic heterocycles. The smallest absolute Gasteiger partial charge is 0.242 e. The maximum absolute atomic E-state index is 12.5. The molecule has 1 unspecified atom stereocenters. The van der Waals surface area contributed by atoms with Crippen LogP contribution in [-0.4, -0.2) is 92.7 Å². The highest BCUT2D eigenvalue weighted by molar-refractivity contribution is 5.85. The van der Waals surface area contributed by atoms with Crippen LogP contribution in [0.15, 0.2) is 30.3 Å². The lowest BCUT2D eigenvalue weighted by molar-refractivity contribution is -0.138. The zero-order chi connectivity index (χ0) is 17.5. The van der Waals surface area contributed by atoms with Crippen molar-refractivity contribution in [3.63, 3.8) is 0 Å². The molecule has 1 N–H and O–H groups in total. The largest absolute Gasteiger partial charge is 0.378 e. The van der Waals surface area contributed by atoms with E-state index < -0.39 is 0 Å². The monoisotopic (exact) mass is 418 g/mol. The zero-order valence-electron chi connectivity index (χ0n) is 16.0. The van der Waals surface area contributed by atoms with E-state index in [-0.39, 0.29) is 36.8 Å². The molecule has 1 aromatic carbocycles. The van der Waals surface area contributed by atoms with Crippen molar-refractivity contribution < 1.29 is 9.53 Å². The van der Waals surface area contributed by atoms with E-state index in [0.717, 1.165) is 52.4 Å². The van der Waals surface area contributed by atoms with E-state index in [2.05, 4.69) is 52.5 Å². The lowest BCUT2D eigenvalue weighted by Gasteiger charge is -2.37. The summed E-state index contributed by atoms with van der Waals surface area (Å²) in [7, 11) is 2.17. The van der Waals surface area contributed by atoms with Crippen molar-refractivity contribution in [1.82, 2.24) is 20.0 Å². The number of ether oxygens (including phenoxy) is 1. The average Bonchev–Trinajstić information content (AvgIpc) is 2.68. The lowest BCUT2D eigenvalue weighted by atomic mass is 10.2. The molecule has 2 fully saturated rings. The molecule has 0 radical (unpaired) electrons. The molecule has 0 bridgehead atoms. The number of nitrogens with zero attached hydrogens (tertiary/aromatic N) is 3. The number of benzene rings is 1. The van der Waals surface area contributed by atoms with Crippen LogP contribution in [0.4, 0.5) is 0 Å². The fourth-order valence-corrected chi connectivity index (χ4v) is 3.42. The molecule has 0 saturated carbocycles. The number of carbonyl (C=O) groups excluding carboxylic acids is 1. The highest BCUT2D eigenvalue weighted by Crippen LogP contribution is 2.07. The SMILES string of the molecule is CN(CCN1CCN(C(=O)C2COCCN2)CC1)Cc1ccccc1.Cl.Cl. The molecular weight excluding hydrogens is 387 g/mol. The number of hydrogen-bond donors (Lipinski definition) is 1. The summed E-state index contributed by atoms with van der Waals surface area (Å²) in [6, 6.07) is 10.4. The van der Waals surface area contributed by atoms with Gasteiger partial charge < -0.3 is 19.9 Å². The standard InChI is InChI=1S/C19H30N4O2.2ClH/c1-21(15-17-5-3-2-4-6-17)8-9-22-10-12-23(13-11-22)19(24)18-16-25-14-7-20-18;;/h2-6,18,20H,7-16H2,1H3;2*1H. The van der Waals surface area contributed by atoms with Gasteiger partial charge in [-0.15, -0.1) is 24.8 Å². The van der Waals surface area contributed by atoms with Gasteiger partial charge in [0.2, 0.25) is 5.91 Å². The summed E-state index contributed by atoms with van der Waals surface area (Å²) < 4.78 is 5.40. The van der Waals surface area contributed by atoms with Crippen molar-refractivity contribution in [2.75, 3.05) is 66.1 Å². The minimum absolute atomic E-state index is 0. The summed E-state index contributed by atoms with van der Waals surface area (Å²) >= 11 is 0. The summed E-state index contributed by atoms with van der Waals surface area (Å²) in [4.78, 5) is 19.3. The Balaban J connectivity index is 0.00000182. The fourth-order valence-electron chi connectivity index (χ4n) is 3.42. The maximum atomic E-state index is 12.5. The first-order valence-electron chi connectivity index (χ1n) is 9.27. The number of carbonyl (C=O) groups is 1. The summed E-state index contributed by atoms with van der Waals surface area (Å²) in [6.07, 6.45) is 0. The minimum Gasteiger partial charge on any atom is -0.378 e. The predicted molar refractivity (Wildman–Crippen MR) is 113 cm³/mol. The molecule has 3 rings (SSSR count). The molecule has 0 aliphatic carbocycles. The van der Waals surface area contributed by atoms with Crippen LogP contribution in [0.2, 0.25) is 0 Å². The molecule has 8 heteroatoms. The van der Waals surface area contributed by atoms with Gasteiger partial charge in [-0.2, -0.15) is 0 Å². The van der Waals surface area contributed by atoms with Crippen molar-refractivity contribution in [3.05, 3.63) is 35.9 Å². The summed E-state index contributed by atoms with van der Waals surface area (Å²) in [5.41, 5.74) is 1.35. The number of halogens is 2. The van der Waals surface area contributed by atoms with Gasteiger partial charge in [-0.25, -0.2) is 0 Å². The van der Waals surface area contributed by atoms with Crippen LogP contribution in [-0.2, 0) is 16.1 Å². The fraction of sp³-hybridized carbons (Fsp3) is 0.632. The summed E-state index contributed by atoms with van der Waals surface area (Å²) in [5.74, 6) is 0.195. The molecule has 1 atom stereocenters. The first kappa shape index (κ1) is 24.1. The molecule has 0 spiro atoms. The number of rotatable bonds is 6.